The van der Waals surface area contributed by atoms with Crippen molar-refractivity contribution in [1.29, 1.82) is 0 Å². The summed E-state index contributed by atoms with van der Waals surface area (Å²) in [6.07, 6.45) is 8.02. The van der Waals surface area contributed by atoms with Gasteiger partial charge in [-0.05, 0) is 25.0 Å². The third kappa shape index (κ3) is 2.56. The van der Waals surface area contributed by atoms with Gasteiger partial charge in [-0.15, -0.1) is 0 Å². The average molecular weight is 301 g/mol. The molecule has 0 atom stereocenters. The van der Waals surface area contributed by atoms with Crippen molar-refractivity contribution >= 4 is 16.7 Å². The first-order valence-electron chi connectivity index (χ1n) is 7.84. The summed E-state index contributed by atoms with van der Waals surface area (Å²) < 4.78 is 10.9. The minimum absolute atomic E-state index is 0.556. The minimum atomic E-state index is 0.556. The highest BCUT2D eigenvalue weighted by Crippen LogP contribution is 2.37. The highest BCUT2D eigenvalue weighted by atomic mass is 16.5. The molecule has 1 aliphatic carbocycles. The molecule has 1 fully saturated rings. The van der Waals surface area contributed by atoms with Gasteiger partial charge in [0.05, 0.1) is 14.2 Å². The van der Waals surface area contributed by atoms with Crippen molar-refractivity contribution in [3.8, 4) is 11.5 Å². The van der Waals surface area contributed by atoms with Crippen LogP contribution in [0, 0.1) is 0 Å². The van der Waals surface area contributed by atoms with E-state index in [0.29, 0.717) is 17.5 Å². The molecule has 0 N–H and O–H groups in total. The standard InChI is InChI=1S/C17H23N3O2/c1-20(12-7-5-4-6-8-12)17-13-9-10-14(21-2)16(22-3)15(13)18-11-19-17/h9-12H,4-8H2,1-3H3. The summed E-state index contributed by atoms with van der Waals surface area (Å²) in [6.45, 7) is 0. The molecule has 118 valence electrons. The molecule has 0 unspecified atom stereocenters. The van der Waals surface area contributed by atoms with Crippen LogP contribution in [-0.2, 0) is 0 Å². The second kappa shape index (κ2) is 6.38. The molecule has 2 aromatic rings. The van der Waals surface area contributed by atoms with Crippen molar-refractivity contribution in [3.63, 3.8) is 0 Å². The van der Waals surface area contributed by atoms with Gasteiger partial charge in [0.25, 0.3) is 0 Å². The Kier molecular flexibility index (Phi) is 4.32. The normalized spacial score (nSPS) is 15.8. The maximum absolute atomic E-state index is 5.50. The lowest BCUT2D eigenvalue weighted by Crippen LogP contribution is -2.34. The Morgan fingerprint density at radius 2 is 1.82 bits per heavy atom. The van der Waals surface area contributed by atoms with Crippen LogP contribution < -0.4 is 14.4 Å². The molecule has 1 aromatic heterocycles. The van der Waals surface area contributed by atoms with Crippen molar-refractivity contribution in [1.82, 2.24) is 9.97 Å². The smallest absolute Gasteiger partial charge is 0.187 e. The van der Waals surface area contributed by atoms with Crippen LogP contribution in [0.15, 0.2) is 18.5 Å². The summed E-state index contributed by atoms with van der Waals surface area (Å²) in [4.78, 5) is 11.2. The zero-order valence-electron chi connectivity index (χ0n) is 13.5. The number of rotatable bonds is 4. The molecule has 5 nitrogen and oxygen atoms in total. The number of nitrogens with zero attached hydrogens (tertiary/aromatic N) is 3. The van der Waals surface area contributed by atoms with Crippen LogP contribution in [-0.4, -0.2) is 37.3 Å². The van der Waals surface area contributed by atoms with E-state index in [0.717, 1.165) is 16.7 Å². The van der Waals surface area contributed by atoms with Crippen LogP contribution in [0.2, 0.25) is 0 Å². The van der Waals surface area contributed by atoms with E-state index in [9.17, 15) is 0 Å². The fraction of sp³-hybridized carbons (Fsp3) is 0.529. The van der Waals surface area contributed by atoms with Crippen molar-refractivity contribution in [3.05, 3.63) is 18.5 Å². The van der Waals surface area contributed by atoms with Gasteiger partial charge in [-0.25, -0.2) is 9.97 Å². The molecule has 0 saturated heterocycles. The average Bonchev–Trinajstić information content (AvgIpc) is 2.60. The van der Waals surface area contributed by atoms with Gasteiger partial charge < -0.3 is 14.4 Å². The molecule has 1 saturated carbocycles. The second-order valence-electron chi connectivity index (χ2n) is 5.80. The van der Waals surface area contributed by atoms with E-state index in [4.69, 9.17) is 9.47 Å². The van der Waals surface area contributed by atoms with Crippen LogP contribution in [0.3, 0.4) is 0 Å². The Bertz CT molecular complexity index is 654. The predicted molar refractivity (Wildman–Crippen MR) is 87.9 cm³/mol. The van der Waals surface area contributed by atoms with Gasteiger partial charge in [-0.3, -0.25) is 0 Å². The van der Waals surface area contributed by atoms with Crippen LogP contribution in [0.1, 0.15) is 32.1 Å². The Balaban J connectivity index is 2.06. The van der Waals surface area contributed by atoms with E-state index in [-0.39, 0.29) is 0 Å². The zero-order valence-corrected chi connectivity index (χ0v) is 13.5. The fourth-order valence-electron chi connectivity index (χ4n) is 3.35. The van der Waals surface area contributed by atoms with Gasteiger partial charge in [-0.2, -0.15) is 0 Å². The van der Waals surface area contributed by atoms with Crippen LogP contribution in [0.5, 0.6) is 11.5 Å². The minimum Gasteiger partial charge on any atom is -0.493 e. The number of methoxy groups -OCH3 is 2. The van der Waals surface area contributed by atoms with Gasteiger partial charge in [0.2, 0.25) is 0 Å². The maximum atomic E-state index is 5.50. The van der Waals surface area contributed by atoms with E-state index in [1.54, 1.807) is 20.5 Å². The SMILES string of the molecule is COc1ccc2c(N(C)C3CCCCC3)ncnc2c1OC. The molecular formula is C17H23N3O2. The van der Waals surface area contributed by atoms with E-state index in [1.807, 2.05) is 12.1 Å². The number of hydrogen-bond acceptors (Lipinski definition) is 5. The zero-order chi connectivity index (χ0) is 15.5. The molecular weight excluding hydrogens is 278 g/mol. The molecule has 0 amide bonds. The molecule has 1 heterocycles. The van der Waals surface area contributed by atoms with E-state index >= 15 is 0 Å². The van der Waals surface area contributed by atoms with E-state index in [2.05, 4.69) is 21.9 Å². The molecule has 3 rings (SSSR count). The molecule has 5 heteroatoms. The summed E-state index contributed by atoms with van der Waals surface area (Å²) in [7, 11) is 5.42. The van der Waals surface area contributed by atoms with Gasteiger partial charge >= 0.3 is 0 Å². The maximum Gasteiger partial charge on any atom is 0.187 e. The van der Waals surface area contributed by atoms with Crippen LogP contribution in [0.4, 0.5) is 5.82 Å². The van der Waals surface area contributed by atoms with Crippen molar-refractivity contribution in [2.75, 3.05) is 26.2 Å². The first-order valence-corrected chi connectivity index (χ1v) is 7.84. The van der Waals surface area contributed by atoms with E-state index in [1.165, 1.54) is 32.1 Å². The highest BCUT2D eigenvalue weighted by molar-refractivity contribution is 5.95. The third-order valence-corrected chi connectivity index (χ3v) is 4.58. The van der Waals surface area contributed by atoms with Crippen molar-refractivity contribution < 1.29 is 9.47 Å². The molecule has 0 radical (unpaired) electrons. The Labute approximate surface area is 131 Å². The first kappa shape index (κ1) is 14.9. The second-order valence-corrected chi connectivity index (χ2v) is 5.80. The lowest BCUT2D eigenvalue weighted by molar-refractivity contribution is 0.358. The summed E-state index contributed by atoms with van der Waals surface area (Å²) in [5, 5.41) is 1.01. The lowest BCUT2D eigenvalue weighted by Gasteiger charge is -2.32. The summed E-state index contributed by atoms with van der Waals surface area (Å²) >= 11 is 0. The predicted octanol–water partition coefficient (Wildman–Crippen LogP) is 3.42. The molecule has 0 aliphatic heterocycles. The largest absolute Gasteiger partial charge is 0.493 e. The van der Waals surface area contributed by atoms with E-state index < -0.39 is 0 Å². The monoisotopic (exact) mass is 301 g/mol. The van der Waals surface area contributed by atoms with Gasteiger partial charge in [0.1, 0.15) is 17.7 Å². The molecule has 0 spiro atoms. The molecule has 22 heavy (non-hydrogen) atoms. The number of anilines is 1. The summed E-state index contributed by atoms with van der Waals surface area (Å²) in [6, 6.07) is 4.49. The van der Waals surface area contributed by atoms with Crippen LogP contribution >= 0.6 is 0 Å². The fourth-order valence-corrected chi connectivity index (χ4v) is 3.35. The van der Waals surface area contributed by atoms with Gasteiger partial charge in [0, 0.05) is 18.5 Å². The van der Waals surface area contributed by atoms with Crippen LogP contribution in [0.25, 0.3) is 10.9 Å². The Hall–Kier alpha value is -2.04. The Morgan fingerprint density at radius 3 is 2.50 bits per heavy atom. The lowest BCUT2D eigenvalue weighted by atomic mass is 9.94. The number of aromatic nitrogens is 2. The Morgan fingerprint density at radius 1 is 1.05 bits per heavy atom. The highest BCUT2D eigenvalue weighted by Gasteiger charge is 2.22. The molecule has 1 aliphatic rings. The third-order valence-electron chi connectivity index (χ3n) is 4.58. The topological polar surface area (TPSA) is 47.5 Å². The summed E-state index contributed by atoms with van der Waals surface area (Å²) in [5.74, 6) is 2.33. The van der Waals surface area contributed by atoms with Gasteiger partial charge in [0.15, 0.2) is 11.5 Å². The number of fused-ring (bicyclic) bond motifs is 1. The molecule has 1 aromatic carbocycles. The number of ether oxygens (including phenoxy) is 2. The van der Waals surface area contributed by atoms with Crippen molar-refractivity contribution in [2.45, 2.75) is 38.1 Å². The number of benzene rings is 1. The van der Waals surface area contributed by atoms with Crippen molar-refractivity contribution in [2.24, 2.45) is 0 Å². The molecule has 0 bridgehead atoms. The first-order chi connectivity index (χ1) is 10.8. The quantitative estimate of drug-likeness (QED) is 0.866. The van der Waals surface area contributed by atoms with Gasteiger partial charge in [-0.1, -0.05) is 19.3 Å². The number of hydrogen-bond donors (Lipinski definition) is 0. The summed E-state index contributed by atoms with van der Waals surface area (Å²) in [5.41, 5.74) is 0.800.